The minimum atomic E-state index is -1.07. The molecule has 0 spiro atoms. The Labute approximate surface area is 208 Å². The van der Waals surface area contributed by atoms with Crippen LogP contribution < -0.4 is 10.6 Å². The van der Waals surface area contributed by atoms with E-state index in [2.05, 4.69) is 29.5 Å². The van der Waals surface area contributed by atoms with E-state index in [0.29, 0.717) is 20.8 Å². The van der Waals surface area contributed by atoms with Crippen LogP contribution in [0.5, 0.6) is 0 Å². The SMILES string of the molecule is CNC.C[C@@H]1Cc2cc(C(=O)N3C[C@H](NC(=O)c4ccc(Cl)s4)C[C@H]3C(=O)O)ccc2CN1C. The van der Waals surface area contributed by atoms with Gasteiger partial charge >= 0.3 is 5.97 Å². The number of hydrogen-bond donors (Lipinski definition) is 3. The summed E-state index contributed by atoms with van der Waals surface area (Å²) in [5, 5.41) is 15.3. The average molecular weight is 507 g/mol. The fourth-order valence-corrected chi connectivity index (χ4v) is 5.21. The maximum atomic E-state index is 13.2. The summed E-state index contributed by atoms with van der Waals surface area (Å²) in [6.45, 7) is 3.12. The van der Waals surface area contributed by atoms with Crippen molar-refractivity contribution in [2.75, 3.05) is 27.7 Å². The molecule has 3 atom stereocenters. The van der Waals surface area contributed by atoms with Gasteiger partial charge in [0.1, 0.15) is 6.04 Å². The first-order valence-corrected chi connectivity index (χ1v) is 12.3. The van der Waals surface area contributed by atoms with Crippen LogP contribution in [0.3, 0.4) is 0 Å². The van der Waals surface area contributed by atoms with Gasteiger partial charge in [0.15, 0.2) is 0 Å². The van der Waals surface area contributed by atoms with Crippen molar-refractivity contribution in [3.05, 3.63) is 56.2 Å². The van der Waals surface area contributed by atoms with Crippen molar-refractivity contribution in [3.63, 3.8) is 0 Å². The van der Waals surface area contributed by atoms with Gasteiger partial charge in [0.05, 0.1) is 9.21 Å². The number of likely N-dealkylation sites (tertiary alicyclic amines) is 1. The van der Waals surface area contributed by atoms with Crippen LogP contribution in [0.4, 0.5) is 0 Å². The first kappa shape index (κ1) is 26.2. The summed E-state index contributed by atoms with van der Waals surface area (Å²) in [6, 6.07) is 7.83. The van der Waals surface area contributed by atoms with Gasteiger partial charge in [-0.3, -0.25) is 14.5 Å². The molecule has 4 rings (SSSR count). The molecule has 0 bridgehead atoms. The highest BCUT2D eigenvalue weighted by Gasteiger charge is 2.41. The van der Waals surface area contributed by atoms with Crippen molar-refractivity contribution in [2.45, 2.75) is 44.4 Å². The van der Waals surface area contributed by atoms with E-state index in [4.69, 9.17) is 11.6 Å². The minimum Gasteiger partial charge on any atom is -0.480 e. The van der Waals surface area contributed by atoms with Crippen LogP contribution in [0.15, 0.2) is 30.3 Å². The zero-order valence-corrected chi connectivity index (χ0v) is 21.4. The molecule has 8 nitrogen and oxygen atoms in total. The van der Waals surface area contributed by atoms with E-state index >= 15 is 0 Å². The van der Waals surface area contributed by atoms with E-state index in [9.17, 15) is 19.5 Å². The van der Waals surface area contributed by atoms with Crippen LogP contribution in [0.1, 0.15) is 44.5 Å². The van der Waals surface area contributed by atoms with Gasteiger partial charge in [0.25, 0.3) is 11.8 Å². The molecule has 1 saturated heterocycles. The Morgan fingerprint density at radius 3 is 2.47 bits per heavy atom. The van der Waals surface area contributed by atoms with Crippen molar-refractivity contribution in [1.29, 1.82) is 0 Å². The zero-order valence-electron chi connectivity index (χ0n) is 19.8. The summed E-state index contributed by atoms with van der Waals surface area (Å²) in [5.41, 5.74) is 2.80. The Hall–Kier alpha value is -2.46. The first-order chi connectivity index (χ1) is 16.1. The fraction of sp³-hybridized carbons (Fsp3) is 0.458. The van der Waals surface area contributed by atoms with Crippen LogP contribution in [0.25, 0.3) is 0 Å². The molecule has 2 aliphatic heterocycles. The Morgan fingerprint density at radius 2 is 1.85 bits per heavy atom. The van der Waals surface area contributed by atoms with Crippen LogP contribution >= 0.6 is 22.9 Å². The molecule has 34 heavy (non-hydrogen) atoms. The molecule has 2 aliphatic rings. The number of carbonyl (C=O) groups is 3. The topological polar surface area (TPSA) is 102 Å². The molecule has 0 radical (unpaired) electrons. The van der Waals surface area contributed by atoms with E-state index in [1.54, 1.807) is 18.2 Å². The molecule has 0 aliphatic carbocycles. The van der Waals surface area contributed by atoms with Crippen LogP contribution in [0, 0.1) is 0 Å². The highest BCUT2D eigenvalue weighted by molar-refractivity contribution is 7.18. The average Bonchev–Trinajstić information content (AvgIpc) is 3.41. The summed E-state index contributed by atoms with van der Waals surface area (Å²) in [6.07, 6.45) is 1.01. The van der Waals surface area contributed by atoms with Crippen LogP contribution in [-0.2, 0) is 17.8 Å². The fourth-order valence-electron chi connectivity index (χ4n) is 4.26. The Kier molecular flexibility index (Phi) is 8.70. The van der Waals surface area contributed by atoms with Gasteiger partial charge in [-0.15, -0.1) is 11.3 Å². The second-order valence-corrected chi connectivity index (χ2v) is 10.5. The van der Waals surface area contributed by atoms with Gasteiger partial charge < -0.3 is 20.6 Å². The van der Waals surface area contributed by atoms with Crippen molar-refractivity contribution >= 4 is 40.7 Å². The van der Waals surface area contributed by atoms with Crippen LogP contribution in [-0.4, -0.2) is 78.5 Å². The zero-order chi connectivity index (χ0) is 25.0. The number of likely N-dealkylation sites (N-methyl/N-ethyl adjacent to an activating group) is 1. The molecular formula is C24H31ClN4O4S. The minimum absolute atomic E-state index is 0.150. The number of fused-ring (bicyclic) bond motifs is 1. The summed E-state index contributed by atoms with van der Waals surface area (Å²) < 4.78 is 0.504. The maximum Gasteiger partial charge on any atom is 0.326 e. The Morgan fingerprint density at radius 1 is 1.15 bits per heavy atom. The molecule has 0 unspecified atom stereocenters. The number of rotatable bonds is 4. The normalized spacial score (nSPS) is 21.9. The second kappa shape index (κ2) is 11.3. The molecule has 1 aromatic heterocycles. The number of benzene rings is 1. The number of nitrogens with zero attached hydrogens (tertiary/aromatic N) is 2. The molecule has 2 aromatic rings. The smallest absolute Gasteiger partial charge is 0.326 e. The lowest BCUT2D eigenvalue weighted by molar-refractivity contribution is -0.141. The van der Waals surface area contributed by atoms with Crippen molar-refractivity contribution < 1.29 is 19.5 Å². The summed E-state index contributed by atoms with van der Waals surface area (Å²) in [4.78, 5) is 41.6. The van der Waals surface area contributed by atoms with Crippen molar-refractivity contribution in [2.24, 2.45) is 0 Å². The molecule has 184 valence electrons. The second-order valence-electron chi connectivity index (χ2n) is 8.77. The van der Waals surface area contributed by atoms with Crippen molar-refractivity contribution in [1.82, 2.24) is 20.4 Å². The number of amides is 2. The number of carboxylic acid groups (broad SMARTS) is 1. The number of carboxylic acids is 1. The van der Waals surface area contributed by atoms with E-state index in [1.165, 1.54) is 10.5 Å². The highest BCUT2D eigenvalue weighted by Crippen LogP contribution is 2.27. The number of carbonyl (C=O) groups excluding carboxylic acids is 2. The Balaban J connectivity index is 0.00000103. The summed E-state index contributed by atoms with van der Waals surface area (Å²) >= 11 is 7.05. The molecule has 0 saturated carbocycles. The highest BCUT2D eigenvalue weighted by atomic mass is 35.5. The summed E-state index contributed by atoms with van der Waals surface area (Å²) in [5.74, 6) is -1.71. The van der Waals surface area contributed by atoms with E-state index in [-0.39, 0.29) is 24.8 Å². The molecule has 3 N–H and O–H groups in total. The standard InChI is InChI=1S/C22H24ClN3O4S.C2H7N/c1-12-7-15-8-13(3-4-14(15)10-25(12)2)21(28)26-11-16(9-17(26)22(29)30)24-20(27)18-5-6-19(23)31-18;1-3-2/h3-6,8,12,16-17H,7,9-11H2,1-2H3,(H,24,27)(H,29,30);3H,1-2H3/t12-,16-,17+;/m1./s1. The molecular weight excluding hydrogens is 476 g/mol. The number of hydrogen-bond acceptors (Lipinski definition) is 6. The summed E-state index contributed by atoms with van der Waals surface area (Å²) in [7, 11) is 5.83. The largest absolute Gasteiger partial charge is 0.480 e. The van der Waals surface area contributed by atoms with Gasteiger partial charge in [0.2, 0.25) is 0 Å². The van der Waals surface area contributed by atoms with Gasteiger partial charge in [-0.1, -0.05) is 17.7 Å². The monoisotopic (exact) mass is 506 g/mol. The molecule has 10 heteroatoms. The Bertz CT molecular complexity index is 1060. The van der Waals surface area contributed by atoms with Gasteiger partial charge in [-0.05, 0) is 69.9 Å². The van der Waals surface area contributed by atoms with Gasteiger partial charge in [-0.25, -0.2) is 4.79 Å². The number of thiophene rings is 1. The first-order valence-electron chi connectivity index (χ1n) is 11.1. The molecule has 1 fully saturated rings. The van der Waals surface area contributed by atoms with Gasteiger partial charge in [-0.2, -0.15) is 0 Å². The third-order valence-corrected chi connectivity index (χ3v) is 7.35. The van der Waals surface area contributed by atoms with E-state index < -0.39 is 18.1 Å². The van der Waals surface area contributed by atoms with E-state index in [0.717, 1.165) is 29.9 Å². The molecule has 2 amide bonds. The predicted octanol–water partition coefficient (Wildman–Crippen LogP) is 2.71. The number of aliphatic carboxylic acids is 1. The van der Waals surface area contributed by atoms with Gasteiger partial charge in [0, 0.05) is 37.2 Å². The number of halogens is 1. The van der Waals surface area contributed by atoms with E-state index in [1.807, 2.05) is 26.2 Å². The predicted molar refractivity (Wildman–Crippen MR) is 134 cm³/mol. The lowest BCUT2D eigenvalue weighted by atomic mass is 9.93. The molecule has 1 aromatic carbocycles. The number of nitrogens with one attached hydrogen (secondary N) is 2. The van der Waals surface area contributed by atoms with Crippen LogP contribution in [0.2, 0.25) is 4.34 Å². The maximum absolute atomic E-state index is 13.2. The molecule has 3 heterocycles. The lowest BCUT2D eigenvalue weighted by Crippen LogP contribution is -2.41. The van der Waals surface area contributed by atoms with Crippen molar-refractivity contribution in [3.8, 4) is 0 Å². The third-order valence-electron chi connectivity index (χ3n) is 6.12. The third kappa shape index (κ3) is 5.96. The quantitative estimate of drug-likeness (QED) is 0.589. The lowest BCUT2D eigenvalue weighted by Gasteiger charge is -2.32.